The molecular weight excluding hydrogens is 318 g/mol. The zero-order chi connectivity index (χ0) is 17.8. The van der Waals surface area contributed by atoms with Gasteiger partial charge in [-0.25, -0.2) is 4.79 Å². The van der Waals surface area contributed by atoms with E-state index >= 15 is 0 Å². The van der Waals surface area contributed by atoms with Gasteiger partial charge < -0.3 is 15.2 Å². The van der Waals surface area contributed by atoms with E-state index in [2.05, 4.69) is 17.4 Å². The van der Waals surface area contributed by atoms with Crippen LogP contribution in [0.1, 0.15) is 56.1 Å². The highest BCUT2D eigenvalue weighted by molar-refractivity contribution is 5.85. The molecular formula is C20H27NO4. The first kappa shape index (κ1) is 17.9. The van der Waals surface area contributed by atoms with Crippen LogP contribution in [0, 0.1) is 5.92 Å². The highest BCUT2D eigenvalue weighted by Crippen LogP contribution is 2.34. The van der Waals surface area contributed by atoms with Crippen LogP contribution in [0.25, 0.3) is 0 Å². The summed E-state index contributed by atoms with van der Waals surface area (Å²) >= 11 is 0. The third kappa shape index (κ3) is 4.40. The standard InChI is InChI=1S/C20H27NO4/c1-13-11-16(9-10-25-13)19(22)21-18(20(23)24)12-15-7-4-6-14-5-2-3-8-17(14)15/h2-3,5,8,13,15-16,18H,4,6-7,9-12H2,1H3,(H,21,22)(H,23,24)/t13-,15+,16-,18+/m1/s1. The van der Waals surface area contributed by atoms with Gasteiger partial charge in [0.1, 0.15) is 6.04 Å². The van der Waals surface area contributed by atoms with Crippen molar-refractivity contribution >= 4 is 11.9 Å². The second-order valence-electron chi connectivity index (χ2n) is 7.33. The molecule has 1 heterocycles. The van der Waals surface area contributed by atoms with E-state index in [9.17, 15) is 14.7 Å². The average molecular weight is 345 g/mol. The Morgan fingerprint density at radius 1 is 1.32 bits per heavy atom. The van der Waals surface area contributed by atoms with Crippen molar-refractivity contribution in [3.05, 3.63) is 35.4 Å². The quantitative estimate of drug-likeness (QED) is 0.860. The largest absolute Gasteiger partial charge is 0.480 e. The van der Waals surface area contributed by atoms with Gasteiger partial charge in [-0.1, -0.05) is 24.3 Å². The van der Waals surface area contributed by atoms with Crippen LogP contribution < -0.4 is 5.32 Å². The first-order valence-corrected chi connectivity index (χ1v) is 9.27. The summed E-state index contributed by atoms with van der Waals surface area (Å²) in [6.45, 7) is 2.51. The van der Waals surface area contributed by atoms with Crippen LogP contribution in [0.2, 0.25) is 0 Å². The Morgan fingerprint density at radius 3 is 2.88 bits per heavy atom. The average Bonchev–Trinajstić information content (AvgIpc) is 2.61. The van der Waals surface area contributed by atoms with E-state index in [-0.39, 0.29) is 23.8 Å². The van der Waals surface area contributed by atoms with Gasteiger partial charge in [0.15, 0.2) is 0 Å². The van der Waals surface area contributed by atoms with Crippen molar-refractivity contribution in [3.8, 4) is 0 Å². The first-order chi connectivity index (χ1) is 12.0. The zero-order valence-electron chi connectivity index (χ0n) is 14.7. The lowest BCUT2D eigenvalue weighted by Crippen LogP contribution is -2.46. The van der Waals surface area contributed by atoms with Crippen LogP contribution in [0.15, 0.2) is 24.3 Å². The number of hydrogen-bond donors (Lipinski definition) is 2. The lowest BCUT2D eigenvalue weighted by molar-refractivity contribution is -0.143. The maximum Gasteiger partial charge on any atom is 0.326 e. The van der Waals surface area contributed by atoms with Gasteiger partial charge in [0.2, 0.25) is 5.91 Å². The summed E-state index contributed by atoms with van der Waals surface area (Å²) in [6.07, 6.45) is 4.93. The summed E-state index contributed by atoms with van der Waals surface area (Å²) in [6, 6.07) is 7.43. The number of hydrogen-bond acceptors (Lipinski definition) is 3. The van der Waals surface area contributed by atoms with E-state index < -0.39 is 12.0 Å². The predicted molar refractivity (Wildman–Crippen MR) is 94.4 cm³/mol. The van der Waals surface area contributed by atoms with Crippen LogP contribution in [-0.4, -0.2) is 35.7 Å². The molecule has 2 N–H and O–H groups in total. The molecule has 0 aromatic heterocycles. The predicted octanol–water partition coefficient (Wildman–Crippen LogP) is 2.88. The van der Waals surface area contributed by atoms with E-state index in [4.69, 9.17) is 4.74 Å². The van der Waals surface area contributed by atoms with E-state index in [0.717, 1.165) is 19.3 Å². The molecule has 5 nitrogen and oxygen atoms in total. The molecule has 25 heavy (non-hydrogen) atoms. The van der Waals surface area contributed by atoms with Crippen LogP contribution in [-0.2, 0) is 20.7 Å². The normalized spacial score (nSPS) is 27.2. The van der Waals surface area contributed by atoms with Crippen molar-refractivity contribution in [3.63, 3.8) is 0 Å². The fourth-order valence-corrected chi connectivity index (χ4v) is 4.13. The summed E-state index contributed by atoms with van der Waals surface area (Å²) in [7, 11) is 0. The van der Waals surface area contributed by atoms with Crippen molar-refractivity contribution in [1.29, 1.82) is 0 Å². The SMILES string of the molecule is C[C@@H]1C[C@H](C(=O)N[C@@H](C[C@@H]2CCCc3ccccc32)C(=O)O)CCO1. The number of carbonyl (C=O) groups excluding carboxylic acids is 1. The number of aryl methyl sites for hydroxylation is 1. The Balaban J connectivity index is 1.66. The summed E-state index contributed by atoms with van der Waals surface area (Å²) in [5.74, 6) is -1.05. The Kier molecular flexibility index (Phi) is 5.74. The van der Waals surface area contributed by atoms with Gasteiger partial charge in [0.05, 0.1) is 6.10 Å². The number of rotatable bonds is 5. The number of ether oxygens (including phenoxy) is 1. The highest BCUT2D eigenvalue weighted by atomic mass is 16.5. The molecule has 0 saturated carbocycles. The molecule has 1 saturated heterocycles. The number of benzene rings is 1. The topological polar surface area (TPSA) is 75.6 Å². The lowest BCUT2D eigenvalue weighted by Gasteiger charge is -2.30. The van der Waals surface area contributed by atoms with Gasteiger partial charge in [-0.15, -0.1) is 0 Å². The van der Waals surface area contributed by atoms with Crippen molar-refractivity contribution in [1.82, 2.24) is 5.32 Å². The second-order valence-corrected chi connectivity index (χ2v) is 7.33. The number of aliphatic carboxylic acids is 1. The molecule has 2 aliphatic rings. The van der Waals surface area contributed by atoms with Gasteiger partial charge in [0, 0.05) is 12.5 Å². The summed E-state index contributed by atoms with van der Waals surface area (Å²) in [5.41, 5.74) is 2.56. The minimum Gasteiger partial charge on any atom is -0.480 e. The number of carboxylic acid groups (broad SMARTS) is 1. The second kappa shape index (κ2) is 8.00. The fraction of sp³-hybridized carbons (Fsp3) is 0.600. The molecule has 0 unspecified atom stereocenters. The van der Waals surface area contributed by atoms with E-state index in [1.807, 2.05) is 19.1 Å². The third-order valence-electron chi connectivity index (χ3n) is 5.48. The van der Waals surface area contributed by atoms with Crippen LogP contribution in [0.3, 0.4) is 0 Å². The van der Waals surface area contributed by atoms with Gasteiger partial charge in [0.25, 0.3) is 0 Å². The lowest BCUT2D eigenvalue weighted by atomic mass is 9.79. The molecule has 1 aromatic rings. The molecule has 1 aromatic carbocycles. The van der Waals surface area contributed by atoms with Crippen LogP contribution in [0.5, 0.6) is 0 Å². The van der Waals surface area contributed by atoms with Crippen molar-refractivity contribution in [2.24, 2.45) is 5.92 Å². The Hall–Kier alpha value is -1.88. The molecule has 4 atom stereocenters. The van der Waals surface area contributed by atoms with Gasteiger partial charge in [-0.05, 0) is 62.5 Å². The van der Waals surface area contributed by atoms with Gasteiger partial charge >= 0.3 is 5.97 Å². The van der Waals surface area contributed by atoms with Gasteiger partial charge in [-0.2, -0.15) is 0 Å². The number of fused-ring (bicyclic) bond motifs is 1. The van der Waals surface area contributed by atoms with Crippen LogP contribution in [0.4, 0.5) is 0 Å². The van der Waals surface area contributed by atoms with Crippen LogP contribution >= 0.6 is 0 Å². The number of carbonyl (C=O) groups is 2. The molecule has 5 heteroatoms. The Morgan fingerprint density at radius 2 is 2.12 bits per heavy atom. The highest BCUT2D eigenvalue weighted by Gasteiger charge is 2.31. The maximum atomic E-state index is 12.5. The number of carboxylic acids is 1. The zero-order valence-corrected chi connectivity index (χ0v) is 14.7. The molecule has 0 bridgehead atoms. The molecule has 0 radical (unpaired) electrons. The monoisotopic (exact) mass is 345 g/mol. The molecule has 0 spiro atoms. The Labute approximate surface area is 148 Å². The molecule has 1 aliphatic heterocycles. The van der Waals surface area contributed by atoms with Crippen molar-refractivity contribution in [2.75, 3.05) is 6.61 Å². The van der Waals surface area contributed by atoms with Gasteiger partial charge in [-0.3, -0.25) is 4.79 Å². The maximum absolute atomic E-state index is 12.5. The van der Waals surface area contributed by atoms with E-state index in [0.29, 0.717) is 25.9 Å². The number of amides is 1. The van der Waals surface area contributed by atoms with Crippen molar-refractivity contribution in [2.45, 2.75) is 63.5 Å². The molecule has 1 aliphatic carbocycles. The van der Waals surface area contributed by atoms with E-state index in [1.54, 1.807) is 0 Å². The minimum absolute atomic E-state index is 0.0537. The summed E-state index contributed by atoms with van der Waals surface area (Å²) < 4.78 is 5.47. The molecule has 1 fully saturated rings. The third-order valence-corrected chi connectivity index (χ3v) is 5.48. The molecule has 3 rings (SSSR count). The first-order valence-electron chi connectivity index (χ1n) is 9.27. The fourth-order valence-electron chi connectivity index (χ4n) is 4.13. The summed E-state index contributed by atoms with van der Waals surface area (Å²) in [5, 5.41) is 12.4. The minimum atomic E-state index is -0.948. The summed E-state index contributed by atoms with van der Waals surface area (Å²) in [4.78, 5) is 24.2. The number of nitrogens with one attached hydrogen (secondary N) is 1. The molecule has 1 amide bonds. The van der Waals surface area contributed by atoms with Crippen molar-refractivity contribution < 1.29 is 19.4 Å². The molecule has 136 valence electrons. The Bertz CT molecular complexity index is 630. The smallest absolute Gasteiger partial charge is 0.326 e. The van der Waals surface area contributed by atoms with E-state index in [1.165, 1.54) is 11.1 Å².